The minimum atomic E-state index is -3.87. The summed E-state index contributed by atoms with van der Waals surface area (Å²) in [7, 11) is -3.87. The van der Waals surface area contributed by atoms with Crippen molar-refractivity contribution in [3.8, 4) is 0 Å². The Morgan fingerprint density at radius 2 is 1.75 bits per heavy atom. The number of amides is 2. The van der Waals surface area contributed by atoms with Crippen molar-refractivity contribution in [1.82, 2.24) is 4.72 Å². The zero-order chi connectivity index (χ0) is 15.3. The van der Waals surface area contributed by atoms with Crippen LogP contribution < -0.4 is 10.0 Å². The molecule has 20 heavy (non-hydrogen) atoms. The Morgan fingerprint density at radius 1 is 1.20 bits per heavy atom. The van der Waals surface area contributed by atoms with Crippen LogP contribution in [-0.4, -0.2) is 20.2 Å². The van der Waals surface area contributed by atoms with Crippen molar-refractivity contribution in [2.24, 2.45) is 5.92 Å². The zero-order valence-electron chi connectivity index (χ0n) is 11.6. The van der Waals surface area contributed by atoms with Gasteiger partial charge in [0.2, 0.25) is 11.8 Å². The molecule has 0 aliphatic rings. The first-order valence-corrected chi connectivity index (χ1v) is 7.69. The van der Waals surface area contributed by atoms with Gasteiger partial charge in [0, 0.05) is 18.5 Å². The maximum Gasteiger partial charge on any atom is 0.264 e. The smallest absolute Gasteiger partial charge is 0.264 e. The van der Waals surface area contributed by atoms with Gasteiger partial charge in [0.25, 0.3) is 10.0 Å². The summed E-state index contributed by atoms with van der Waals surface area (Å²) in [5.74, 6) is -1.15. The van der Waals surface area contributed by atoms with Gasteiger partial charge in [0.15, 0.2) is 0 Å². The van der Waals surface area contributed by atoms with Gasteiger partial charge in [-0.2, -0.15) is 0 Å². The van der Waals surface area contributed by atoms with E-state index in [4.69, 9.17) is 0 Å². The average Bonchev–Trinajstić information content (AvgIpc) is 2.37. The molecule has 0 bridgehead atoms. The van der Waals surface area contributed by atoms with Gasteiger partial charge in [0.1, 0.15) is 0 Å². The third-order valence-electron chi connectivity index (χ3n) is 2.78. The first-order chi connectivity index (χ1) is 9.26. The second-order valence-corrected chi connectivity index (χ2v) is 6.17. The van der Waals surface area contributed by atoms with Crippen molar-refractivity contribution in [2.75, 3.05) is 5.32 Å². The van der Waals surface area contributed by atoms with Gasteiger partial charge < -0.3 is 5.32 Å². The lowest BCUT2D eigenvalue weighted by molar-refractivity contribution is -0.122. The van der Waals surface area contributed by atoms with Crippen LogP contribution in [-0.2, 0) is 19.6 Å². The second kappa shape index (κ2) is 6.51. The summed E-state index contributed by atoms with van der Waals surface area (Å²) < 4.78 is 26.0. The molecule has 0 aliphatic heterocycles. The summed E-state index contributed by atoms with van der Waals surface area (Å²) in [5, 5.41) is 2.53. The van der Waals surface area contributed by atoms with E-state index in [1.165, 1.54) is 31.2 Å². The Balaban J connectivity index is 2.88. The van der Waals surface area contributed by atoms with Crippen LogP contribution in [0.25, 0.3) is 0 Å². The Bertz CT molecular complexity index is 593. The molecule has 1 atom stereocenters. The lowest BCUT2D eigenvalue weighted by Crippen LogP contribution is -2.34. The zero-order valence-corrected chi connectivity index (χ0v) is 12.5. The van der Waals surface area contributed by atoms with Crippen LogP contribution in [0.15, 0.2) is 29.2 Å². The van der Waals surface area contributed by atoms with Crippen molar-refractivity contribution in [1.29, 1.82) is 0 Å². The van der Waals surface area contributed by atoms with Crippen LogP contribution in [0.3, 0.4) is 0 Å². The van der Waals surface area contributed by atoms with Gasteiger partial charge in [-0.3, -0.25) is 9.59 Å². The molecule has 0 fully saturated rings. The third-order valence-corrected chi connectivity index (χ3v) is 4.14. The summed E-state index contributed by atoms with van der Waals surface area (Å²) in [6.45, 7) is 4.82. The van der Waals surface area contributed by atoms with Crippen molar-refractivity contribution in [3.05, 3.63) is 24.3 Å². The number of hydrogen-bond acceptors (Lipinski definition) is 4. The van der Waals surface area contributed by atoms with E-state index in [0.29, 0.717) is 12.1 Å². The minimum absolute atomic E-state index is 0.0248. The number of hydrogen-bond donors (Lipinski definition) is 2. The molecule has 0 saturated heterocycles. The maximum absolute atomic E-state index is 12.0. The van der Waals surface area contributed by atoms with Gasteiger partial charge in [-0.1, -0.05) is 13.8 Å². The van der Waals surface area contributed by atoms with Crippen LogP contribution in [0, 0.1) is 5.92 Å². The van der Waals surface area contributed by atoms with E-state index in [-0.39, 0.29) is 16.7 Å². The fraction of sp³-hybridized carbons (Fsp3) is 0.385. The molecule has 0 aromatic heterocycles. The molecule has 0 aliphatic carbocycles. The Kier molecular flexibility index (Phi) is 5.26. The Morgan fingerprint density at radius 3 is 2.20 bits per heavy atom. The first-order valence-electron chi connectivity index (χ1n) is 6.20. The summed E-state index contributed by atoms with van der Waals surface area (Å²) in [6.07, 6.45) is 0.558. The molecule has 0 radical (unpaired) electrons. The number of anilines is 1. The number of carbonyl (C=O) groups excluding carboxylic acids is 2. The monoisotopic (exact) mass is 298 g/mol. The number of nitrogens with one attached hydrogen (secondary N) is 2. The molecule has 6 nitrogen and oxygen atoms in total. The Hall–Kier alpha value is -1.89. The van der Waals surface area contributed by atoms with Crippen LogP contribution in [0.4, 0.5) is 5.69 Å². The highest BCUT2D eigenvalue weighted by molar-refractivity contribution is 7.90. The molecule has 1 rings (SSSR count). The lowest BCUT2D eigenvalue weighted by atomic mass is 10.1. The van der Waals surface area contributed by atoms with E-state index in [1.807, 2.05) is 4.72 Å². The molecule has 1 aromatic rings. The van der Waals surface area contributed by atoms with Crippen molar-refractivity contribution in [3.63, 3.8) is 0 Å². The van der Waals surface area contributed by atoms with E-state index in [2.05, 4.69) is 5.32 Å². The van der Waals surface area contributed by atoms with Gasteiger partial charge >= 0.3 is 0 Å². The highest BCUT2D eigenvalue weighted by atomic mass is 32.2. The standard InChI is InChI=1S/C13H18N2O4S/c1-4-9(2)13(17)15-20(18,19)12-7-5-11(6-8-12)14-10(3)16/h5-9H,4H2,1-3H3,(H,14,16)(H,15,17). The van der Waals surface area contributed by atoms with E-state index in [0.717, 1.165) is 0 Å². The van der Waals surface area contributed by atoms with E-state index in [9.17, 15) is 18.0 Å². The average molecular weight is 298 g/mol. The van der Waals surface area contributed by atoms with E-state index < -0.39 is 15.9 Å². The van der Waals surface area contributed by atoms with Crippen LogP contribution in [0.5, 0.6) is 0 Å². The lowest BCUT2D eigenvalue weighted by Gasteiger charge is -2.11. The second-order valence-electron chi connectivity index (χ2n) is 4.48. The molecule has 2 N–H and O–H groups in total. The minimum Gasteiger partial charge on any atom is -0.326 e. The fourth-order valence-corrected chi connectivity index (χ4v) is 2.48. The molecule has 110 valence electrons. The third kappa shape index (κ3) is 4.34. The van der Waals surface area contributed by atoms with E-state index >= 15 is 0 Å². The molecule has 0 spiro atoms. The summed E-state index contributed by atoms with van der Waals surface area (Å²) in [5.41, 5.74) is 0.490. The topological polar surface area (TPSA) is 92.3 Å². The van der Waals surface area contributed by atoms with Gasteiger partial charge in [-0.25, -0.2) is 13.1 Å². The maximum atomic E-state index is 12.0. The van der Waals surface area contributed by atoms with E-state index in [1.54, 1.807) is 13.8 Å². The molecule has 2 amide bonds. The highest BCUT2D eigenvalue weighted by Crippen LogP contribution is 2.14. The molecule has 7 heteroatoms. The van der Waals surface area contributed by atoms with Gasteiger partial charge in [0.05, 0.1) is 4.90 Å². The number of carbonyl (C=O) groups is 2. The van der Waals surface area contributed by atoms with Gasteiger partial charge in [-0.05, 0) is 30.7 Å². The quantitative estimate of drug-likeness (QED) is 0.861. The SMILES string of the molecule is CCC(C)C(=O)NS(=O)(=O)c1ccc(NC(C)=O)cc1. The van der Waals surface area contributed by atoms with Crippen LogP contribution >= 0.6 is 0 Å². The molecular weight excluding hydrogens is 280 g/mol. The van der Waals surface area contributed by atoms with Crippen LogP contribution in [0.1, 0.15) is 27.2 Å². The first kappa shape index (κ1) is 16.2. The predicted molar refractivity (Wildman–Crippen MR) is 75.5 cm³/mol. The summed E-state index contributed by atoms with van der Waals surface area (Å²) >= 11 is 0. The largest absolute Gasteiger partial charge is 0.326 e. The molecule has 1 unspecified atom stereocenters. The van der Waals surface area contributed by atoms with Crippen molar-refractivity contribution >= 4 is 27.5 Å². The summed E-state index contributed by atoms with van der Waals surface area (Å²) in [6, 6.07) is 5.59. The molecule has 1 aromatic carbocycles. The van der Waals surface area contributed by atoms with Crippen molar-refractivity contribution < 1.29 is 18.0 Å². The highest BCUT2D eigenvalue weighted by Gasteiger charge is 2.20. The van der Waals surface area contributed by atoms with Crippen LogP contribution in [0.2, 0.25) is 0 Å². The molecular formula is C13H18N2O4S. The predicted octanol–water partition coefficient (Wildman–Crippen LogP) is 1.50. The normalized spacial score (nSPS) is 12.6. The summed E-state index contributed by atoms with van der Waals surface area (Å²) in [4.78, 5) is 22.5. The number of rotatable bonds is 5. The fourth-order valence-electron chi connectivity index (χ4n) is 1.40. The number of sulfonamides is 1. The molecule has 0 saturated carbocycles. The van der Waals surface area contributed by atoms with Gasteiger partial charge in [-0.15, -0.1) is 0 Å². The number of benzene rings is 1. The molecule has 0 heterocycles. The Labute approximate surface area is 118 Å². The van der Waals surface area contributed by atoms with Crippen molar-refractivity contribution in [2.45, 2.75) is 32.1 Å².